The van der Waals surface area contributed by atoms with Crippen molar-refractivity contribution in [3.8, 4) is 0 Å². The van der Waals surface area contributed by atoms with Crippen LogP contribution in [-0.2, 0) is 20.7 Å². The number of methoxy groups -OCH3 is 1. The SMILES string of the molecule is COC(=O)[C@H](Cc1cnc[nH]1)N(C)C(=O)C=Cc1ccc(Cl)c(Cl)c1. The van der Waals surface area contributed by atoms with Gasteiger partial charge < -0.3 is 14.6 Å². The lowest BCUT2D eigenvalue weighted by Gasteiger charge is -2.24. The first-order chi connectivity index (χ1) is 11.9. The molecule has 1 heterocycles. The Morgan fingerprint density at radius 2 is 2.12 bits per heavy atom. The number of likely N-dealkylation sites (N-methyl/N-ethyl adjacent to an activating group) is 1. The summed E-state index contributed by atoms with van der Waals surface area (Å²) < 4.78 is 4.80. The number of rotatable bonds is 6. The van der Waals surface area contributed by atoms with E-state index in [0.717, 1.165) is 11.3 Å². The number of hydrogen-bond donors (Lipinski definition) is 1. The third-order valence-corrected chi connectivity index (χ3v) is 4.36. The number of H-pyrrole nitrogens is 1. The largest absolute Gasteiger partial charge is 0.467 e. The van der Waals surface area contributed by atoms with Gasteiger partial charge in [-0.05, 0) is 23.8 Å². The van der Waals surface area contributed by atoms with E-state index in [1.807, 2.05) is 0 Å². The second kappa shape index (κ2) is 8.69. The number of amides is 1. The molecule has 1 aromatic carbocycles. The van der Waals surface area contributed by atoms with E-state index in [1.54, 1.807) is 37.5 Å². The number of benzene rings is 1. The Labute approximate surface area is 155 Å². The van der Waals surface area contributed by atoms with Gasteiger partial charge in [-0.3, -0.25) is 4.79 Å². The molecule has 0 aliphatic rings. The highest BCUT2D eigenvalue weighted by Crippen LogP contribution is 2.23. The van der Waals surface area contributed by atoms with Crippen molar-refractivity contribution in [2.45, 2.75) is 12.5 Å². The Kier molecular flexibility index (Phi) is 6.61. The molecule has 0 fully saturated rings. The van der Waals surface area contributed by atoms with Crippen LogP contribution in [0, 0.1) is 0 Å². The van der Waals surface area contributed by atoms with Crippen LogP contribution < -0.4 is 0 Å². The fourth-order valence-electron chi connectivity index (χ4n) is 2.17. The lowest BCUT2D eigenvalue weighted by atomic mass is 10.1. The van der Waals surface area contributed by atoms with Gasteiger partial charge in [0.25, 0.3) is 0 Å². The molecule has 0 spiro atoms. The average molecular weight is 382 g/mol. The number of nitrogens with zero attached hydrogens (tertiary/aromatic N) is 2. The molecular formula is C17H17Cl2N3O3. The molecule has 1 aromatic heterocycles. The number of hydrogen-bond acceptors (Lipinski definition) is 4. The van der Waals surface area contributed by atoms with Crippen molar-refractivity contribution in [2.24, 2.45) is 0 Å². The number of aromatic amines is 1. The lowest BCUT2D eigenvalue weighted by molar-refractivity contribution is -0.150. The number of esters is 1. The van der Waals surface area contributed by atoms with Crippen molar-refractivity contribution in [3.63, 3.8) is 0 Å². The van der Waals surface area contributed by atoms with Crippen LogP contribution in [0.3, 0.4) is 0 Å². The van der Waals surface area contributed by atoms with Crippen molar-refractivity contribution in [2.75, 3.05) is 14.2 Å². The van der Waals surface area contributed by atoms with Crippen molar-refractivity contribution >= 4 is 41.2 Å². The minimum absolute atomic E-state index is 0.273. The highest BCUT2D eigenvalue weighted by Gasteiger charge is 2.27. The Balaban J connectivity index is 2.12. The molecule has 8 heteroatoms. The molecule has 1 atom stereocenters. The molecular weight excluding hydrogens is 365 g/mol. The Morgan fingerprint density at radius 3 is 2.72 bits per heavy atom. The summed E-state index contributed by atoms with van der Waals surface area (Å²) in [5.74, 6) is -0.852. The molecule has 1 N–H and O–H groups in total. The van der Waals surface area contributed by atoms with Crippen LogP contribution in [0.4, 0.5) is 0 Å². The van der Waals surface area contributed by atoms with Gasteiger partial charge in [-0.15, -0.1) is 0 Å². The minimum Gasteiger partial charge on any atom is -0.467 e. The maximum Gasteiger partial charge on any atom is 0.328 e. The number of halogens is 2. The van der Waals surface area contributed by atoms with Gasteiger partial charge in [0.15, 0.2) is 0 Å². The van der Waals surface area contributed by atoms with Crippen LogP contribution in [0.15, 0.2) is 36.8 Å². The van der Waals surface area contributed by atoms with Gasteiger partial charge in [0.05, 0.1) is 23.5 Å². The Bertz CT molecular complexity index is 775. The quantitative estimate of drug-likeness (QED) is 0.616. The normalized spacial score (nSPS) is 12.2. The molecule has 2 rings (SSSR count). The van der Waals surface area contributed by atoms with Gasteiger partial charge in [0.1, 0.15) is 6.04 Å². The first-order valence-electron chi connectivity index (χ1n) is 7.37. The first-order valence-corrected chi connectivity index (χ1v) is 8.13. The monoisotopic (exact) mass is 381 g/mol. The Hall–Kier alpha value is -2.31. The fraction of sp³-hybridized carbons (Fsp3) is 0.235. The number of nitrogens with one attached hydrogen (secondary N) is 1. The predicted molar refractivity (Wildman–Crippen MR) is 96.4 cm³/mol. The van der Waals surface area contributed by atoms with E-state index in [1.165, 1.54) is 24.4 Å². The number of aromatic nitrogens is 2. The molecule has 0 unspecified atom stereocenters. The van der Waals surface area contributed by atoms with Crippen molar-refractivity contribution in [1.29, 1.82) is 0 Å². The topological polar surface area (TPSA) is 75.3 Å². The third kappa shape index (κ3) is 5.08. The van der Waals surface area contributed by atoms with Gasteiger partial charge in [-0.2, -0.15) is 0 Å². The summed E-state index contributed by atoms with van der Waals surface area (Å²) in [7, 11) is 2.83. The summed E-state index contributed by atoms with van der Waals surface area (Å²) >= 11 is 11.8. The van der Waals surface area contributed by atoms with E-state index in [0.29, 0.717) is 10.0 Å². The molecule has 0 aliphatic heterocycles. The highest BCUT2D eigenvalue weighted by atomic mass is 35.5. The number of carbonyl (C=O) groups is 2. The van der Waals surface area contributed by atoms with Gasteiger partial charge in [-0.1, -0.05) is 29.3 Å². The predicted octanol–water partition coefficient (Wildman–Crippen LogP) is 2.97. The zero-order chi connectivity index (χ0) is 18.4. The molecule has 25 heavy (non-hydrogen) atoms. The second-order valence-corrected chi connectivity index (χ2v) is 6.09. The van der Waals surface area contributed by atoms with Crippen molar-refractivity contribution < 1.29 is 14.3 Å². The zero-order valence-corrected chi connectivity index (χ0v) is 15.2. The molecule has 1 amide bonds. The standard InChI is InChI=1S/C17H17Cl2N3O3/c1-22(15(17(24)25-2)8-12-9-20-10-21-12)16(23)6-4-11-3-5-13(18)14(19)7-11/h3-7,9-10,15H,8H2,1-2H3,(H,20,21)/t15-/m0/s1. The van der Waals surface area contributed by atoms with E-state index in [4.69, 9.17) is 27.9 Å². The molecule has 6 nitrogen and oxygen atoms in total. The number of ether oxygens (including phenoxy) is 1. The molecule has 0 bridgehead atoms. The zero-order valence-electron chi connectivity index (χ0n) is 13.7. The number of carbonyl (C=O) groups excluding carboxylic acids is 2. The van der Waals surface area contributed by atoms with E-state index < -0.39 is 12.0 Å². The lowest BCUT2D eigenvalue weighted by Crippen LogP contribution is -2.43. The maximum atomic E-state index is 12.4. The van der Waals surface area contributed by atoms with Crippen LogP contribution in [0.2, 0.25) is 10.0 Å². The van der Waals surface area contributed by atoms with Crippen molar-refractivity contribution in [1.82, 2.24) is 14.9 Å². The van der Waals surface area contributed by atoms with Crippen LogP contribution in [0.1, 0.15) is 11.3 Å². The molecule has 0 saturated heterocycles. The number of imidazole rings is 1. The summed E-state index contributed by atoms with van der Waals surface area (Å²) in [5.41, 5.74) is 1.45. The van der Waals surface area contributed by atoms with Crippen LogP contribution >= 0.6 is 23.2 Å². The van der Waals surface area contributed by atoms with E-state index in [-0.39, 0.29) is 12.3 Å². The summed E-state index contributed by atoms with van der Waals surface area (Å²) in [5, 5.41) is 0.837. The van der Waals surface area contributed by atoms with Gasteiger partial charge in [-0.25, -0.2) is 9.78 Å². The third-order valence-electron chi connectivity index (χ3n) is 3.62. The average Bonchev–Trinajstić information content (AvgIpc) is 3.12. The summed E-state index contributed by atoms with van der Waals surface area (Å²) in [6.07, 6.45) is 6.35. The van der Waals surface area contributed by atoms with E-state index in [2.05, 4.69) is 9.97 Å². The molecule has 0 saturated carbocycles. The van der Waals surface area contributed by atoms with Crippen LogP contribution in [-0.4, -0.2) is 46.9 Å². The molecule has 2 aromatic rings. The molecule has 132 valence electrons. The highest BCUT2D eigenvalue weighted by molar-refractivity contribution is 6.42. The van der Waals surface area contributed by atoms with E-state index in [9.17, 15) is 9.59 Å². The summed E-state index contributed by atoms with van der Waals surface area (Å²) in [4.78, 5) is 32.6. The van der Waals surface area contributed by atoms with Crippen molar-refractivity contribution in [3.05, 3.63) is 58.1 Å². The first kappa shape index (κ1) is 19.0. The van der Waals surface area contributed by atoms with Gasteiger partial charge >= 0.3 is 5.97 Å². The smallest absolute Gasteiger partial charge is 0.328 e. The Morgan fingerprint density at radius 1 is 1.36 bits per heavy atom. The minimum atomic E-state index is -0.767. The van der Waals surface area contributed by atoms with Crippen LogP contribution in [0.25, 0.3) is 6.08 Å². The van der Waals surface area contributed by atoms with Gasteiger partial charge in [0, 0.05) is 31.4 Å². The van der Waals surface area contributed by atoms with Gasteiger partial charge in [0.2, 0.25) is 5.91 Å². The summed E-state index contributed by atoms with van der Waals surface area (Å²) in [6, 6.07) is 4.26. The van der Waals surface area contributed by atoms with Crippen LogP contribution in [0.5, 0.6) is 0 Å². The maximum absolute atomic E-state index is 12.4. The molecule has 0 radical (unpaired) electrons. The fourth-order valence-corrected chi connectivity index (χ4v) is 2.48. The molecule has 0 aliphatic carbocycles. The summed E-state index contributed by atoms with van der Waals surface area (Å²) in [6.45, 7) is 0. The van der Waals surface area contributed by atoms with E-state index >= 15 is 0 Å². The second-order valence-electron chi connectivity index (χ2n) is 5.28.